The minimum absolute atomic E-state index is 0.200. The number of carbonyl (C=O) groups excluding carboxylic acids is 1. The first kappa shape index (κ1) is 13.2. The van der Waals surface area contributed by atoms with Crippen LogP contribution in [0.4, 0.5) is 4.79 Å². The van der Waals surface area contributed by atoms with Gasteiger partial charge in [-0.15, -0.1) is 0 Å². The van der Waals surface area contributed by atoms with E-state index in [2.05, 4.69) is 10.2 Å². The number of carbonyl (C=O) groups is 1. The maximum absolute atomic E-state index is 11.9. The average Bonchev–Trinajstić information content (AvgIpc) is 2.74. The van der Waals surface area contributed by atoms with Gasteiger partial charge in [0.2, 0.25) is 0 Å². The first-order valence-corrected chi connectivity index (χ1v) is 6.00. The van der Waals surface area contributed by atoms with Crippen molar-refractivity contribution in [2.75, 3.05) is 6.54 Å². The zero-order valence-electron chi connectivity index (χ0n) is 11.2. The molecule has 0 bridgehead atoms. The number of allylic oxidation sites excluding steroid dienone is 2. The Hall–Kier alpha value is -2.24. The number of nitrogens with one attached hydrogen (secondary N) is 2. The van der Waals surface area contributed by atoms with Gasteiger partial charge in [-0.3, -0.25) is 19.9 Å². The second-order valence-electron chi connectivity index (χ2n) is 5.31. The summed E-state index contributed by atoms with van der Waals surface area (Å²) in [6.07, 6.45) is 4.84. The number of ether oxygens (including phenoxy) is 1. The van der Waals surface area contributed by atoms with Gasteiger partial charge in [0.25, 0.3) is 5.56 Å². The predicted molar refractivity (Wildman–Crippen MR) is 71.5 cm³/mol. The Bertz CT molecular complexity index is 587. The van der Waals surface area contributed by atoms with Crippen LogP contribution >= 0.6 is 0 Å². The third kappa shape index (κ3) is 3.37. The highest BCUT2D eigenvalue weighted by atomic mass is 16.6. The Morgan fingerprint density at radius 1 is 1.37 bits per heavy atom. The molecule has 2 N–H and O–H groups in total. The molecule has 0 saturated heterocycles. The van der Waals surface area contributed by atoms with E-state index in [1.807, 2.05) is 26.8 Å². The van der Waals surface area contributed by atoms with Crippen molar-refractivity contribution in [3.8, 4) is 0 Å². The van der Waals surface area contributed by atoms with Crippen LogP contribution in [0.5, 0.6) is 0 Å². The highest BCUT2D eigenvalue weighted by Gasteiger charge is 2.23. The summed E-state index contributed by atoms with van der Waals surface area (Å²) >= 11 is 0. The van der Waals surface area contributed by atoms with Gasteiger partial charge in [0, 0.05) is 12.3 Å². The largest absolute Gasteiger partial charge is 0.443 e. The van der Waals surface area contributed by atoms with Crippen molar-refractivity contribution in [2.24, 2.45) is 0 Å². The zero-order valence-corrected chi connectivity index (χ0v) is 11.2. The molecule has 2 rings (SSSR count). The number of nitrogens with zero attached hydrogens (tertiary/aromatic N) is 1. The van der Waals surface area contributed by atoms with E-state index in [9.17, 15) is 9.59 Å². The lowest BCUT2D eigenvalue weighted by Crippen LogP contribution is -2.35. The fourth-order valence-corrected chi connectivity index (χ4v) is 1.68. The molecule has 0 aromatic carbocycles. The van der Waals surface area contributed by atoms with E-state index >= 15 is 0 Å². The lowest BCUT2D eigenvalue weighted by Gasteiger charge is -2.26. The third-order valence-corrected chi connectivity index (χ3v) is 2.47. The molecule has 0 radical (unpaired) electrons. The SMILES string of the molecule is CC(C)(C)OC(=O)N1C=CC=C(c2cc(=O)[nH][nH]2)C1. The molecule has 0 atom stereocenters. The maximum Gasteiger partial charge on any atom is 0.414 e. The van der Waals surface area contributed by atoms with Crippen LogP contribution in [0.2, 0.25) is 0 Å². The molecule has 19 heavy (non-hydrogen) atoms. The van der Waals surface area contributed by atoms with Crippen molar-refractivity contribution in [1.82, 2.24) is 15.1 Å². The average molecular weight is 263 g/mol. The number of H-pyrrole nitrogens is 2. The van der Waals surface area contributed by atoms with Gasteiger partial charge in [-0.2, -0.15) is 0 Å². The van der Waals surface area contributed by atoms with Gasteiger partial charge < -0.3 is 4.74 Å². The van der Waals surface area contributed by atoms with Gasteiger partial charge in [-0.05, 0) is 32.4 Å². The molecule has 1 aliphatic rings. The minimum atomic E-state index is -0.533. The van der Waals surface area contributed by atoms with Crippen LogP contribution in [-0.4, -0.2) is 33.3 Å². The summed E-state index contributed by atoms with van der Waals surface area (Å²) in [4.78, 5) is 24.5. The normalized spacial score (nSPS) is 15.3. The van der Waals surface area contributed by atoms with E-state index in [4.69, 9.17) is 4.74 Å². The van der Waals surface area contributed by atoms with Gasteiger partial charge in [-0.25, -0.2) is 4.79 Å². The van der Waals surface area contributed by atoms with Gasteiger partial charge >= 0.3 is 6.09 Å². The topological polar surface area (TPSA) is 78.2 Å². The molecule has 1 amide bonds. The standard InChI is InChI=1S/C13H17N3O3/c1-13(2,3)19-12(18)16-6-4-5-9(8-16)10-7-11(17)15-14-10/h4-7H,8H2,1-3H3,(H2,14,15,17). The maximum atomic E-state index is 11.9. The second-order valence-corrected chi connectivity index (χ2v) is 5.31. The summed E-state index contributed by atoms with van der Waals surface area (Å²) < 4.78 is 5.30. The summed E-state index contributed by atoms with van der Waals surface area (Å²) in [5.74, 6) is 0. The molecule has 1 aliphatic heterocycles. The van der Waals surface area contributed by atoms with Crippen LogP contribution in [0, 0.1) is 0 Å². The van der Waals surface area contributed by atoms with Gasteiger partial charge in [-0.1, -0.05) is 6.08 Å². The van der Waals surface area contributed by atoms with Crippen LogP contribution < -0.4 is 5.56 Å². The second kappa shape index (κ2) is 4.79. The molecule has 0 aliphatic carbocycles. The van der Waals surface area contributed by atoms with Crippen molar-refractivity contribution in [3.05, 3.63) is 40.5 Å². The molecule has 1 aromatic rings. The van der Waals surface area contributed by atoms with E-state index in [0.717, 1.165) is 5.57 Å². The summed E-state index contributed by atoms with van der Waals surface area (Å²) in [6, 6.07) is 1.46. The number of aromatic amines is 2. The first-order valence-electron chi connectivity index (χ1n) is 6.00. The molecule has 6 nitrogen and oxygen atoms in total. The monoisotopic (exact) mass is 263 g/mol. The quantitative estimate of drug-likeness (QED) is 0.811. The molecule has 102 valence electrons. The van der Waals surface area contributed by atoms with Crippen LogP contribution in [0.3, 0.4) is 0 Å². The van der Waals surface area contributed by atoms with Crippen molar-refractivity contribution < 1.29 is 9.53 Å². The highest BCUT2D eigenvalue weighted by Crippen LogP contribution is 2.18. The molecule has 2 heterocycles. The zero-order chi connectivity index (χ0) is 14.0. The number of aromatic nitrogens is 2. The van der Waals surface area contributed by atoms with Crippen LogP contribution in [0.15, 0.2) is 29.2 Å². The Morgan fingerprint density at radius 2 is 2.11 bits per heavy atom. The molecule has 0 unspecified atom stereocenters. The van der Waals surface area contributed by atoms with E-state index in [1.165, 1.54) is 11.0 Å². The number of hydrogen-bond acceptors (Lipinski definition) is 3. The smallest absolute Gasteiger partial charge is 0.414 e. The van der Waals surface area contributed by atoms with Crippen molar-refractivity contribution in [1.29, 1.82) is 0 Å². The van der Waals surface area contributed by atoms with E-state index < -0.39 is 11.7 Å². The van der Waals surface area contributed by atoms with Crippen molar-refractivity contribution >= 4 is 11.7 Å². The van der Waals surface area contributed by atoms with E-state index in [-0.39, 0.29) is 5.56 Å². The molecular weight excluding hydrogens is 246 g/mol. The lowest BCUT2D eigenvalue weighted by molar-refractivity contribution is 0.0353. The molecule has 0 fully saturated rings. The highest BCUT2D eigenvalue weighted by molar-refractivity contribution is 5.76. The number of hydrogen-bond donors (Lipinski definition) is 2. The summed E-state index contributed by atoms with van der Waals surface area (Å²) in [7, 11) is 0. The summed E-state index contributed by atoms with van der Waals surface area (Å²) in [5, 5.41) is 5.23. The predicted octanol–water partition coefficient (Wildman–Crippen LogP) is 1.85. The summed E-state index contributed by atoms with van der Waals surface area (Å²) in [6.45, 7) is 5.82. The molecule has 0 spiro atoms. The van der Waals surface area contributed by atoms with Crippen LogP contribution in [0.1, 0.15) is 26.5 Å². The number of amides is 1. The van der Waals surface area contributed by atoms with Gasteiger partial charge in [0.15, 0.2) is 0 Å². The fourth-order valence-electron chi connectivity index (χ4n) is 1.68. The first-order chi connectivity index (χ1) is 8.85. The molecule has 6 heteroatoms. The third-order valence-electron chi connectivity index (χ3n) is 2.47. The fraction of sp³-hybridized carbons (Fsp3) is 0.385. The Balaban J connectivity index is 2.09. The van der Waals surface area contributed by atoms with Gasteiger partial charge in [0.05, 0.1) is 12.2 Å². The Morgan fingerprint density at radius 3 is 2.68 bits per heavy atom. The summed E-state index contributed by atoms with van der Waals surface area (Å²) in [5.41, 5.74) is 0.776. The number of rotatable bonds is 1. The molecule has 1 aromatic heterocycles. The van der Waals surface area contributed by atoms with E-state index in [0.29, 0.717) is 12.2 Å². The Labute approximate surface area is 110 Å². The molecular formula is C13H17N3O3. The molecule has 0 saturated carbocycles. The lowest BCUT2D eigenvalue weighted by atomic mass is 10.1. The van der Waals surface area contributed by atoms with Crippen molar-refractivity contribution in [2.45, 2.75) is 26.4 Å². The Kier molecular flexibility index (Phi) is 3.33. The van der Waals surface area contributed by atoms with Crippen LogP contribution in [0.25, 0.3) is 5.57 Å². The van der Waals surface area contributed by atoms with Crippen molar-refractivity contribution in [3.63, 3.8) is 0 Å². The minimum Gasteiger partial charge on any atom is -0.443 e. The van der Waals surface area contributed by atoms with E-state index in [1.54, 1.807) is 12.3 Å². The van der Waals surface area contributed by atoms with Crippen LogP contribution in [-0.2, 0) is 4.74 Å². The van der Waals surface area contributed by atoms with Gasteiger partial charge in [0.1, 0.15) is 5.60 Å².